The van der Waals surface area contributed by atoms with E-state index < -0.39 is 0 Å². The van der Waals surface area contributed by atoms with Gasteiger partial charge in [-0.25, -0.2) is 0 Å². The molecule has 1 nitrogen and oxygen atoms in total. The minimum atomic E-state index is -0.142. The average molecular weight is 417 g/mol. The minimum absolute atomic E-state index is 0.142. The maximum absolute atomic E-state index is 4.16. The van der Waals surface area contributed by atoms with Crippen molar-refractivity contribution in [2.75, 3.05) is 7.05 Å². The first-order chi connectivity index (χ1) is 13.0. The van der Waals surface area contributed by atoms with Crippen molar-refractivity contribution in [2.45, 2.75) is 18.8 Å². The molecule has 2 heteroatoms. The van der Waals surface area contributed by atoms with Crippen LogP contribution in [-0.2, 0) is 5.41 Å². The summed E-state index contributed by atoms with van der Waals surface area (Å²) in [7, 11) is 2.17. The Balaban J connectivity index is 1.92. The topological polar surface area (TPSA) is 3.01 Å². The lowest BCUT2D eigenvalue weighted by Crippen LogP contribution is -2.30. The Hall–Kier alpha value is -2.45. The largest absolute Gasteiger partial charge is 0.210 e. The third kappa shape index (κ3) is 3.08. The van der Waals surface area contributed by atoms with Crippen molar-refractivity contribution in [3.63, 3.8) is 0 Å². The first-order valence-corrected chi connectivity index (χ1v) is 10.00. The zero-order valence-corrected chi connectivity index (χ0v) is 17.3. The van der Waals surface area contributed by atoms with Gasteiger partial charge >= 0.3 is 0 Å². The SMILES string of the molecule is C=C(Br)CC1(C)C(/C=C/c2ccccc2)=[N+](C)c2ccc3ccccc3c21. The molecule has 0 N–H and O–H groups in total. The van der Waals surface area contributed by atoms with Gasteiger partial charge in [-0.1, -0.05) is 77.1 Å². The van der Waals surface area contributed by atoms with Crippen molar-refractivity contribution < 1.29 is 4.58 Å². The van der Waals surface area contributed by atoms with E-state index in [1.807, 2.05) is 6.07 Å². The fraction of sp³-hybridized carbons (Fsp3) is 0.160. The second-order valence-corrected chi connectivity index (χ2v) is 8.52. The predicted octanol–water partition coefficient (Wildman–Crippen LogP) is 6.84. The molecule has 1 unspecified atom stereocenters. The summed E-state index contributed by atoms with van der Waals surface area (Å²) in [5, 5.41) is 2.60. The van der Waals surface area contributed by atoms with Crippen LogP contribution in [0.1, 0.15) is 24.5 Å². The van der Waals surface area contributed by atoms with Crippen molar-refractivity contribution in [3.8, 4) is 0 Å². The van der Waals surface area contributed by atoms with Gasteiger partial charge in [-0.15, -0.1) is 0 Å². The van der Waals surface area contributed by atoms with Crippen LogP contribution in [0.25, 0.3) is 16.8 Å². The maximum atomic E-state index is 4.16. The van der Waals surface area contributed by atoms with Gasteiger partial charge in [-0.2, -0.15) is 4.58 Å². The molecular formula is C25H23BrN+. The lowest BCUT2D eigenvalue weighted by molar-refractivity contribution is -0.401. The molecule has 0 amide bonds. The molecule has 0 spiro atoms. The van der Waals surface area contributed by atoms with Gasteiger partial charge in [0.25, 0.3) is 0 Å². The smallest absolute Gasteiger partial charge is 0.198 e. The fourth-order valence-electron chi connectivity index (χ4n) is 4.35. The lowest BCUT2D eigenvalue weighted by Gasteiger charge is -2.23. The Morgan fingerprint density at radius 3 is 2.44 bits per heavy atom. The molecule has 0 aliphatic carbocycles. The summed E-state index contributed by atoms with van der Waals surface area (Å²) in [5.74, 6) is 0. The van der Waals surface area contributed by atoms with E-state index in [1.54, 1.807) is 0 Å². The van der Waals surface area contributed by atoms with Gasteiger partial charge < -0.3 is 0 Å². The Morgan fingerprint density at radius 1 is 1.00 bits per heavy atom. The number of hydrogen-bond acceptors (Lipinski definition) is 0. The molecule has 0 saturated heterocycles. The molecule has 1 aliphatic rings. The Kier molecular flexibility index (Phi) is 4.61. The Bertz CT molecular complexity index is 1090. The van der Waals surface area contributed by atoms with E-state index in [0.29, 0.717) is 0 Å². The van der Waals surface area contributed by atoms with Crippen molar-refractivity contribution >= 4 is 44.2 Å². The minimum Gasteiger partial charge on any atom is -0.198 e. The average Bonchev–Trinajstić information content (AvgIpc) is 2.87. The normalized spacial score (nSPS) is 19.1. The van der Waals surface area contributed by atoms with E-state index in [2.05, 4.69) is 114 Å². The van der Waals surface area contributed by atoms with E-state index in [1.165, 1.54) is 33.3 Å². The molecule has 0 radical (unpaired) electrons. The highest BCUT2D eigenvalue weighted by Crippen LogP contribution is 2.47. The number of benzene rings is 3. The molecule has 1 heterocycles. The second-order valence-electron chi connectivity index (χ2n) is 7.40. The van der Waals surface area contributed by atoms with Crippen LogP contribution in [0, 0.1) is 0 Å². The molecule has 0 aromatic heterocycles. The highest BCUT2D eigenvalue weighted by Gasteiger charge is 2.47. The Labute approximate surface area is 169 Å². The van der Waals surface area contributed by atoms with Crippen LogP contribution in [0.2, 0.25) is 0 Å². The number of allylic oxidation sites excluding steroid dienone is 2. The molecule has 0 fully saturated rings. The lowest BCUT2D eigenvalue weighted by atomic mass is 9.74. The van der Waals surface area contributed by atoms with Crippen LogP contribution in [0.5, 0.6) is 0 Å². The quantitative estimate of drug-likeness (QED) is 0.409. The van der Waals surface area contributed by atoms with Gasteiger partial charge in [0.05, 0.1) is 5.41 Å². The molecule has 1 aliphatic heterocycles. The first kappa shape index (κ1) is 17.9. The summed E-state index contributed by atoms with van der Waals surface area (Å²) in [6.45, 7) is 6.49. The Morgan fingerprint density at radius 2 is 1.70 bits per heavy atom. The van der Waals surface area contributed by atoms with Gasteiger partial charge in [-0.3, -0.25) is 0 Å². The van der Waals surface area contributed by atoms with Crippen LogP contribution < -0.4 is 0 Å². The number of rotatable bonds is 4. The highest BCUT2D eigenvalue weighted by molar-refractivity contribution is 9.11. The van der Waals surface area contributed by atoms with Gasteiger partial charge in [0.1, 0.15) is 7.05 Å². The van der Waals surface area contributed by atoms with Gasteiger partial charge in [0.2, 0.25) is 5.69 Å². The molecule has 1 atom stereocenters. The monoisotopic (exact) mass is 416 g/mol. The van der Waals surface area contributed by atoms with E-state index in [9.17, 15) is 0 Å². The maximum Gasteiger partial charge on any atom is 0.210 e. The molecule has 4 rings (SSSR count). The van der Waals surface area contributed by atoms with Crippen molar-refractivity contribution in [3.05, 3.63) is 95.0 Å². The summed E-state index contributed by atoms with van der Waals surface area (Å²) in [6, 6.07) is 23.6. The van der Waals surface area contributed by atoms with E-state index >= 15 is 0 Å². The highest BCUT2D eigenvalue weighted by atomic mass is 79.9. The van der Waals surface area contributed by atoms with Crippen LogP contribution in [0.3, 0.4) is 0 Å². The van der Waals surface area contributed by atoms with Gasteiger partial charge in [0.15, 0.2) is 5.71 Å². The molecule has 0 bridgehead atoms. The molecule has 134 valence electrons. The zero-order valence-electron chi connectivity index (χ0n) is 15.7. The molecular weight excluding hydrogens is 394 g/mol. The van der Waals surface area contributed by atoms with Crippen molar-refractivity contribution in [2.24, 2.45) is 0 Å². The molecule has 3 aromatic carbocycles. The summed E-state index contributed by atoms with van der Waals surface area (Å²) in [4.78, 5) is 0. The van der Waals surface area contributed by atoms with Crippen LogP contribution in [-0.4, -0.2) is 17.3 Å². The predicted molar refractivity (Wildman–Crippen MR) is 120 cm³/mol. The van der Waals surface area contributed by atoms with Gasteiger partial charge in [-0.05, 0) is 46.3 Å². The van der Waals surface area contributed by atoms with Crippen LogP contribution >= 0.6 is 15.9 Å². The summed E-state index contributed by atoms with van der Waals surface area (Å²) >= 11 is 3.63. The molecule has 3 aromatic rings. The van der Waals surface area contributed by atoms with Crippen LogP contribution in [0.15, 0.2) is 83.9 Å². The second kappa shape index (κ2) is 6.94. The number of halogens is 1. The summed E-state index contributed by atoms with van der Waals surface area (Å²) < 4.78 is 3.35. The van der Waals surface area contributed by atoms with E-state index in [-0.39, 0.29) is 5.41 Å². The summed E-state index contributed by atoms with van der Waals surface area (Å²) in [6.07, 6.45) is 5.32. The number of fused-ring (bicyclic) bond motifs is 3. The third-order valence-electron chi connectivity index (χ3n) is 5.53. The number of hydrogen-bond donors (Lipinski definition) is 0. The van der Waals surface area contributed by atoms with E-state index in [4.69, 9.17) is 0 Å². The fourth-order valence-corrected chi connectivity index (χ4v) is 4.91. The standard InChI is InChI=1S/C25H23BrN/c1-18(26)17-25(2)23(16-13-19-9-5-4-6-10-19)27(3)22-15-14-20-11-7-8-12-21(20)24(22)25/h4-16H,1,17H2,2-3H3/q+1/b16-13+. The van der Waals surface area contributed by atoms with Crippen LogP contribution in [0.4, 0.5) is 5.69 Å². The zero-order chi connectivity index (χ0) is 19.0. The number of nitrogens with zero attached hydrogens (tertiary/aromatic N) is 1. The first-order valence-electron chi connectivity index (χ1n) is 9.20. The third-order valence-corrected chi connectivity index (χ3v) is 5.81. The molecule has 0 saturated carbocycles. The summed E-state index contributed by atoms with van der Waals surface area (Å²) in [5.41, 5.74) is 5.02. The molecule has 27 heavy (non-hydrogen) atoms. The van der Waals surface area contributed by atoms with Gasteiger partial charge in [0, 0.05) is 17.7 Å². The van der Waals surface area contributed by atoms with Crippen molar-refractivity contribution in [1.29, 1.82) is 0 Å². The van der Waals surface area contributed by atoms with Crippen molar-refractivity contribution in [1.82, 2.24) is 0 Å². The van der Waals surface area contributed by atoms with E-state index in [0.717, 1.165) is 10.9 Å².